The maximum absolute atomic E-state index is 5.95. The molecule has 0 fully saturated rings. The number of allylic oxidation sites excluding steroid dienone is 2. The molecular formula is C14H29N. The highest BCUT2D eigenvalue weighted by Crippen LogP contribution is 2.18. The van der Waals surface area contributed by atoms with Gasteiger partial charge in [-0.3, -0.25) is 0 Å². The molecule has 1 unspecified atom stereocenters. The quantitative estimate of drug-likeness (QED) is 0.471. The molecule has 0 aromatic heterocycles. The van der Waals surface area contributed by atoms with Gasteiger partial charge in [0, 0.05) is 5.54 Å². The van der Waals surface area contributed by atoms with Gasteiger partial charge in [-0.2, -0.15) is 0 Å². The fraction of sp³-hybridized carbons (Fsp3) is 0.857. The normalized spacial score (nSPS) is 14.7. The van der Waals surface area contributed by atoms with Crippen molar-refractivity contribution in [2.75, 3.05) is 0 Å². The molecule has 0 bridgehead atoms. The molecule has 0 amide bonds. The fourth-order valence-corrected chi connectivity index (χ4v) is 1.80. The molecule has 0 aliphatic heterocycles. The lowest BCUT2D eigenvalue weighted by atomic mass is 9.93. The maximum Gasteiger partial charge on any atom is 0.00970 e. The Morgan fingerprint density at radius 2 is 1.80 bits per heavy atom. The molecule has 0 radical (unpaired) electrons. The summed E-state index contributed by atoms with van der Waals surface area (Å²) in [5, 5.41) is 0. The smallest absolute Gasteiger partial charge is 0.00970 e. The van der Waals surface area contributed by atoms with Crippen LogP contribution in [0.2, 0.25) is 0 Å². The first-order valence-electron chi connectivity index (χ1n) is 6.36. The van der Waals surface area contributed by atoms with Gasteiger partial charge in [0.05, 0.1) is 0 Å². The van der Waals surface area contributed by atoms with E-state index in [9.17, 15) is 0 Å². The second-order valence-electron chi connectivity index (χ2n) is 5.49. The van der Waals surface area contributed by atoms with Crippen LogP contribution in [0.15, 0.2) is 12.2 Å². The Morgan fingerprint density at radius 3 is 2.33 bits per heavy atom. The van der Waals surface area contributed by atoms with Gasteiger partial charge in [0.15, 0.2) is 0 Å². The first-order valence-corrected chi connectivity index (χ1v) is 6.36. The molecule has 0 aromatic carbocycles. The molecule has 0 aromatic rings. The number of rotatable bonds is 8. The van der Waals surface area contributed by atoms with E-state index >= 15 is 0 Å². The molecule has 0 spiro atoms. The predicted octanol–water partition coefficient (Wildman–Crippen LogP) is 4.28. The standard InChI is InChI=1S/C14H29N/c1-5-6-7-8-10-13(2)11-9-12-14(3,4)15/h5-6,13H,7-12,15H2,1-4H3/b6-5+. The topological polar surface area (TPSA) is 26.0 Å². The lowest BCUT2D eigenvalue weighted by Gasteiger charge is -2.19. The average molecular weight is 211 g/mol. The lowest BCUT2D eigenvalue weighted by molar-refractivity contribution is 0.397. The van der Waals surface area contributed by atoms with Gasteiger partial charge in [-0.1, -0.05) is 38.3 Å². The highest BCUT2D eigenvalue weighted by atomic mass is 14.7. The number of hydrogen-bond donors (Lipinski definition) is 1. The third kappa shape index (κ3) is 11.6. The summed E-state index contributed by atoms with van der Waals surface area (Å²) in [6.45, 7) is 8.68. The second kappa shape index (κ2) is 7.92. The van der Waals surface area contributed by atoms with Crippen LogP contribution in [0.5, 0.6) is 0 Å². The van der Waals surface area contributed by atoms with Gasteiger partial charge >= 0.3 is 0 Å². The minimum Gasteiger partial charge on any atom is -0.326 e. The van der Waals surface area contributed by atoms with Gasteiger partial charge in [0.1, 0.15) is 0 Å². The molecule has 15 heavy (non-hydrogen) atoms. The SMILES string of the molecule is C/C=C/CCCC(C)CCCC(C)(C)N. The van der Waals surface area contributed by atoms with E-state index in [4.69, 9.17) is 5.73 Å². The fourth-order valence-electron chi connectivity index (χ4n) is 1.80. The van der Waals surface area contributed by atoms with Crippen LogP contribution in [0.25, 0.3) is 0 Å². The number of nitrogens with two attached hydrogens (primary N) is 1. The van der Waals surface area contributed by atoms with Gasteiger partial charge in [-0.25, -0.2) is 0 Å². The summed E-state index contributed by atoms with van der Waals surface area (Å²) in [5.74, 6) is 0.859. The van der Waals surface area contributed by atoms with Gasteiger partial charge < -0.3 is 5.73 Å². The van der Waals surface area contributed by atoms with Crippen molar-refractivity contribution in [2.45, 2.75) is 71.8 Å². The van der Waals surface area contributed by atoms with E-state index in [1.807, 2.05) is 0 Å². The van der Waals surface area contributed by atoms with Crippen molar-refractivity contribution >= 4 is 0 Å². The Bertz CT molecular complexity index is 165. The molecule has 0 aliphatic carbocycles. The maximum atomic E-state index is 5.95. The first-order chi connectivity index (χ1) is 6.95. The summed E-state index contributed by atoms with van der Waals surface area (Å²) in [6, 6.07) is 0. The zero-order valence-electron chi connectivity index (χ0n) is 11.1. The molecule has 2 N–H and O–H groups in total. The monoisotopic (exact) mass is 211 g/mol. The summed E-state index contributed by atoms with van der Waals surface area (Å²) in [6.07, 6.45) is 12.1. The summed E-state index contributed by atoms with van der Waals surface area (Å²) < 4.78 is 0. The molecule has 0 aliphatic rings. The minimum absolute atomic E-state index is 0.0185. The third-order valence-electron chi connectivity index (χ3n) is 2.82. The number of hydrogen-bond acceptors (Lipinski definition) is 1. The van der Waals surface area contributed by atoms with Crippen molar-refractivity contribution in [3.8, 4) is 0 Å². The first kappa shape index (κ1) is 14.7. The van der Waals surface area contributed by atoms with E-state index in [-0.39, 0.29) is 5.54 Å². The molecule has 0 rings (SSSR count). The highest BCUT2D eigenvalue weighted by Gasteiger charge is 2.10. The Morgan fingerprint density at radius 1 is 1.20 bits per heavy atom. The Hall–Kier alpha value is -0.300. The largest absolute Gasteiger partial charge is 0.326 e. The third-order valence-corrected chi connectivity index (χ3v) is 2.82. The molecule has 0 saturated carbocycles. The van der Waals surface area contributed by atoms with E-state index in [2.05, 4.69) is 39.8 Å². The van der Waals surface area contributed by atoms with Gasteiger partial charge in [0.2, 0.25) is 0 Å². The van der Waals surface area contributed by atoms with Gasteiger partial charge in [-0.15, -0.1) is 0 Å². The minimum atomic E-state index is 0.0185. The van der Waals surface area contributed by atoms with Crippen LogP contribution in [0, 0.1) is 5.92 Å². The highest BCUT2D eigenvalue weighted by molar-refractivity contribution is 4.77. The molecule has 90 valence electrons. The Kier molecular flexibility index (Phi) is 7.76. The summed E-state index contributed by atoms with van der Waals surface area (Å²) >= 11 is 0. The molecule has 1 nitrogen and oxygen atoms in total. The molecular weight excluding hydrogens is 182 g/mol. The molecule has 1 atom stereocenters. The van der Waals surface area contributed by atoms with Crippen LogP contribution < -0.4 is 5.73 Å². The van der Waals surface area contributed by atoms with E-state index in [1.165, 1.54) is 32.1 Å². The van der Waals surface area contributed by atoms with Crippen molar-refractivity contribution in [1.29, 1.82) is 0 Å². The summed E-state index contributed by atoms with van der Waals surface area (Å²) in [5.41, 5.74) is 5.97. The summed E-state index contributed by atoms with van der Waals surface area (Å²) in [7, 11) is 0. The van der Waals surface area contributed by atoms with Crippen molar-refractivity contribution in [2.24, 2.45) is 11.7 Å². The lowest BCUT2D eigenvalue weighted by Crippen LogP contribution is -2.31. The van der Waals surface area contributed by atoms with Crippen LogP contribution in [-0.4, -0.2) is 5.54 Å². The summed E-state index contributed by atoms with van der Waals surface area (Å²) in [4.78, 5) is 0. The Balaban J connectivity index is 3.37. The van der Waals surface area contributed by atoms with E-state index in [1.54, 1.807) is 0 Å². The zero-order chi connectivity index (χ0) is 11.7. The van der Waals surface area contributed by atoms with Crippen LogP contribution in [-0.2, 0) is 0 Å². The predicted molar refractivity (Wildman–Crippen MR) is 69.9 cm³/mol. The molecule has 0 saturated heterocycles. The van der Waals surface area contributed by atoms with Crippen LogP contribution >= 0.6 is 0 Å². The van der Waals surface area contributed by atoms with Crippen LogP contribution in [0.4, 0.5) is 0 Å². The van der Waals surface area contributed by atoms with Crippen molar-refractivity contribution < 1.29 is 0 Å². The average Bonchev–Trinajstić information content (AvgIpc) is 2.10. The van der Waals surface area contributed by atoms with E-state index in [0.29, 0.717) is 0 Å². The molecule has 1 heteroatoms. The van der Waals surface area contributed by atoms with Crippen LogP contribution in [0.3, 0.4) is 0 Å². The van der Waals surface area contributed by atoms with Crippen molar-refractivity contribution in [3.63, 3.8) is 0 Å². The number of unbranched alkanes of at least 4 members (excludes halogenated alkanes) is 1. The zero-order valence-corrected chi connectivity index (χ0v) is 11.1. The second-order valence-corrected chi connectivity index (χ2v) is 5.49. The van der Waals surface area contributed by atoms with Gasteiger partial charge in [0.25, 0.3) is 0 Å². The van der Waals surface area contributed by atoms with Crippen molar-refractivity contribution in [3.05, 3.63) is 12.2 Å². The molecule has 0 heterocycles. The van der Waals surface area contributed by atoms with Gasteiger partial charge in [-0.05, 0) is 46.0 Å². The Labute approximate surface area is 96.1 Å². The van der Waals surface area contributed by atoms with E-state index in [0.717, 1.165) is 12.3 Å². The van der Waals surface area contributed by atoms with Crippen LogP contribution in [0.1, 0.15) is 66.2 Å². The van der Waals surface area contributed by atoms with Crippen molar-refractivity contribution in [1.82, 2.24) is 0 Å². The van der Waals surface area contributed by atoms with E-state index < -0.39 is 0 Å².